The normalized spacial score (nSPS) is 17.7. The van der Waals surface area contributed by atoms with Gasteiger partial charge in [0, 0.05) is 26.1 Å². The maximum atomic E-state index is 5.03. The molecule has 3 aliphatic rings. The topological polar surface area (TPSA) is 20.3 Å². The molecular weight excluding hydrogens is 663 g/mol. The number of amidine groups is 2. The molecule has 8 aromatic rings. The van der Waals surface area contributed by atoms with Crippen molar-refractivity contribution in [2.24, 2.45) is 4.99 Å². The van der Waals surface area contributed by atoms with Crippen LogP contribution in [0.4, 0.5) is 5.69 Å². The zero-order valence-corrected chi connectivity index (χ0v) is 30.0. The van der Waals surface area contributed by atoms with E-state index in [-0.39, 0.29) is 4.75 Å². The van der Waals surface area contributed by atoms with E-state index in [1.54, 1.807) is 0 Å². The highest BCUT2D eigenvalue weighted by Crippen LogP contribution is 2.57. The van der Waals surface area contributed by atoms with Gasteiger partial charge in [0.05, 0.1) is 22.2 Å². The van der Waals surface area contributed by atoms with Gasteiger partial charge in [-0.3, -0.25) is 0 Å². The van der Waals surface area contributed by atoms with Crippen molar-refractivity contribution in [1.82, 2.24) is 4.57 Å². The molecule has 53 heavy (non-hydrogen) atoms. The van der Waals surface area contributed by atoms with Gasteiger partial charge in [0.2, 0.25) is 0 Å². The largest absolute Gasteiger partial charge is 0.309 e. The summed E-state index contributed by atoms with van der Waals surface area (Å²) in [7, 11) is 0. The van der Waals surface area contributed by atoms with Crippen molar-refractivity contribution >= 4 is 72.8 Å². The Bertz CT molecular complexity index is 2930. The van der Waals surface area contributed by atoms with E-state index in [0.29, 0.717) is 0 Å². The van der Waals surface area contributed by atoms with Gasteiger partial charge in [-0.2, -0.15) is 4.58 Å². The molecule has 0 fully saturated rings. The van der Waals surface area contributed by atoms with E-state index in [9.17, 15) is 0 Å². The molecule has 0 amide bonds. The molecule has 3 heterocycles. The first-order valence-corrected chi connectivity index (χ1v) is 19.1. The maximum absolute atomic E-state index is 5.03. The summed E-state index contributed by atoms with van der Waals surface area (Å²) in [4.78, 5) is 6.41. The minimum Gasteiger partial charge on any atom is -0.309 e. The summed E-state index contributed by atoms with van der Waals surface area (Å²) in [5.41, 5.74) is 12.2. The highest BCUT2D eigenvalue weighted by Gasteiger charge is 2.40. The zero-order chi connectivity index (χ0) is 35.1. The predicted octanol–water partition coefficient (Wildman–Crippen LogP) is 12.2. The second kappa shape index (κ2) is 11.6. The maximum Gasteiger partial charge on any atom is 0.279 e. The third-order valence-corrected chi connectivity index (χ3v) is 12.6. The van der Waals surface area contributed by atoms with Crippen LogP contribution < -0.4 is 0 Å². The molecule has 7 aromatic carbocycles. The van der Waals surface area contributed by atoms with Crippen LogP contribution in [-0.2, 0) is 0 Å². The van der Waals surface area contributed by atoms with Crippen LogP contribution in [-0.4, -0.2) is 25.6 Å². The first kappa shape index (κ1) is 30.4. The fraction of sp³-hybridized carbons (Fsp3) is 0.0612. The molecular formula is C49H34N3S+. The molecule has 0 spiro atoms. The van der Waals surface area contributed by atoms with Crippen molar-refractivity contribution < 1.29 is 4.58 Å². The molecule has 0 radical (unpaired) electrons. The second-order valence-corrected chi connectivity index (χ2v) is 15.9. The Balaban J connectivity index is 1.05. The van der Waals surface area contributed by atoms with E-state index >= 15 is 0 Å². The van der Waals surface area contributed by atoms with Gasteiger partial charge in [-0.15, -0.1) is 11.8 Å². The summed E-state index contributed by atoms with van der Waals surface area (Å²) in [6, 6.07) is 59.2. The fourth-order valence-electron chi connectivity index (χ4n) is 8.52. The lowest BCUT2D eigenvalue weighted by atomic mass is 9.83. The summed E-state index contributed by atoms with van der Waals surface area (Å²) >= 11 is 2.00. The minimum absolute atomic E-state index is 0.0824. The molecule has 0 saturated heterocycles. The average molecular weight is 697 g/mol. The Hall–Kier alpha value is -6.23. The van der Waals surface area contributed by atoms with Crippen molar-refractivity contribution in [3.8, 4) is 5.69 Å². The molecule has 0 N–H and O–H groups in total. The summed E-state index contributed by atoms with van der Waals surface area (Å²) in [5, 5.41) is 5.09. The van der Waals surface area contributed by atoms with E-state index in [1.165, 1.54) is 59.7 Å². The van der Waals surface area contributed by atoms with Gasteiger partial charge >= 0.3 is 0 Å². The number of allylic oxidation sites excluding steroid dienone is 3. The van der Waals surface area contributed by atoms with Gasteiger partial charge in [-0.1, -0.05) is 102 Å². The van der Waals surface area contributed by atoms with Crippen LogP contribution in [0.5, 0.6) is 0 Å². The number of aromatic nitrogens is 1. The smallest absolute Gasteiger partial charge is 0.279 e. The molecule has 11 rings (SSSR count). The Labute approximate surface area is 312 Å². The quantitative estimate of drug-likeness (QED) is 0.164. The molecule has 3 nitrogen and oxygen atoms in total. The van der Waals surface area contributed by atoms with E-state index in [2.05, 4.69) is 180 Å². The summed E-state index contributed by atoms with van der Waals surface area (Å²) in [5.74, 6) is 1.92. The standard InChI is InChI=1S/C49H34N3S/c1-49-29-28-36(31-42(49)40-18-10-11-19-45(40)53-49)35-21-26-43-41(30-35)46-39-17-9-8-12-32(39)20-27-44(46)51(43)37-22-24-38(25-23-37)52-47(33-13-4-2-5-14-33)50-48(52)34-15-6-3-7-16-34/h2-28,30-31H,29H2,1H3/q+1. The van der Waals surface area contributed by atoms with Crippen molar-refractivity contribution in [2.45, 2.75) is 23.0 Å². The highest BCUT2D eigenvalue weighted by atomic mass is 32.2. The Kier molecular flexibility index (Phi) is 6.68. The van der Waals surface area contributed by atoms with Crippen LogP contribution in [0.25, 0.3) is 49.4 Å². The molecule has 250 valence electrons. The van der Waals surface area contributed by atoms with Crippen LogP contribution >= 0.6 is 11.8 Å². The summed E-state index contributed by atoms with van der Waals surface area (Å²) in [6.07, 6.45) is 5.91. The number of hydrogen-bond donors (Lipinski definition) is 0. The number of benzene rings is 7. The van der Waals surface area contributed by atoms with Gasteiger partial charge in [-0.25, -0.2) is 0 Å². The van der Waals surface area contributed by atoms with Crippen LogP contribution in [0.2, 0.25) is 0 Å². The van der Waals surface area contributed by atoms with Crippen LogP contribution in [0.3, 0.4) is 0 Å². The first-order valence-electron chi connectivity index (χ1n) is 18.3. The van der Waals surface area contributed by atoms with Gasteiger partial charge < -0.3 is 4.57 Å². The highest BCUT2D eigenvalue weighted by molar-refractivity contribution is 8.01. The number of fused-ring (bicyclic) bond motifs is 8. The average Bonchev–Trinajstić information content (AvgIpc) is 3.70. The van der Waals surface area contributed by atoms with E-state index in [4.69, 9.17) is 4.99 Å². The minimum atomic E-state index is 0.0824. The van der Waals surface area contributed by atoms with Gasteiger partial charge in [0.15, 0.2) is 0 Å². The lowest BCUT2D eigenvalue weighted by Crippen LogP contribution is -2.34. The molecule has 1 atom stereocenters. The number of thioether (sulfide) groups is 1. The lowest BCUT2D eigenvalue weighted by molar-refractivity contribution is -0.319. The molecule has 1 unspecified atom stereocenters. The van der Waals surface area contributed by atoms with Crippen LogP contribution in [0.1, 0.15) is 35.6 Å². The molecule has 4 heteroatoms. The number of rotatable bonds is 5. The number of hydrogen-bond acceptors (Lipinski definition) is 2. The monoisotopic (exact) mass is 696 g/mol. The van der Waals surface area contributed by atoms with Crippen LogP contribution in [0, 0.1) is 0 Å². The van der Waals surface area contributed by atoms with E-state index < -0.39 is 0 Å². The van der Waals surface area contributed by atoms with Crippen molar-refractivity contribution in [3.63, 3.8) is 0 Å². The Morgan fingerprint density at radius 2 is 1.36 bits per heavy atom. The van der Waals surface area contributed by atoms with Crippen molar-refractivity contribution in [1.29, 1.82) is 0 Å². The lowest BCUT2D eigenvalue weighted by Gasteiger charge is -2.28. The summed E-state index contributed by atoms with van der Waals surface area (Å²) in [6.45, 7) is 2.39. The molecule has 0 bridgehead atoms. The summed E-state index contributed by atoms with van der Waals surface area (Å²) < 4.78 is 4.79. The third kappa shape index (κ3) is 4.69. The van der Waals surface area contributed by atoms with Gasteiger partial charge in [0.1, 0.15) is 5.69 Å². The van der Waals surface area contributed by atoms with Crippen molar-refractivity contribution in [3.05, 3.63) is 198 Å². The van der Waals surface area contributed by atoms with Gasteiger partial charge in [0.25, 0.3) is 11.7 Å². The van der Waals surface area contributed by atoms with Gasteiger partial charge in [-0.05, 0) is 125 Å². The molecule has 1 aromatic heterocycles. The first-order chi connectivity index (χ1) is 26.1. The van der Waals surface area contributed by atoms with E-state index in [0.717, 1.165) is 40.6 Å². The van der Waals surface area contributed by atoms with Crippen molar-refractivity contribution in [2.75, 3.05) is 0 Å². The molecule has 1 aliphatic carbocycles. The fourth-order valence-corrected chi connectivity index (χ4v) is 9.89. The van der Waals surface area contributed by atoms with Crippen LogP contribution in [0.15, 0.2) is 186 Å². The van der Waals surface area contributed by atoms with E-state index in [1.807, 2.05) is 23.9 Å². The second-order valence-electron chi connectivity index (χ2n) is 14.3. The molecule has 2 aliphatic heterocycles. The number of aliphatic imine (C=N–C) groups is 1. The number of nitrogens with zero attached hydrogens (tertiary/aromatic N) is 3. The molecule has 0 saturated carbocycles. The SMILES string of the molecule is CC12CC=C(c3ccc4c(c3)c3c5ccccc5ccc3n4-c3ccc([N+]4=C(c5ccccc5)N=C4c4ccccc4)cc3)C=C1c1ccccc1S2. The third-order valence-electron chi connectivity index (χ3n) is 11.1. The predicted molar refractivity (Wildman–Crippen MR) is 223 cm³/mol. The zero-order valence-electron chi connectivity index (χ0n) is 29.2. The Morgan fingerprint density at radius 3 is 2.19 bits per heavy atom. The Morgan fingerprint density at radius 1 is 0.642 bits per heavy atom.